The van der Waals surface area contributed by atoms with Gasteiger partial charge in [0.05, 0.1) is 18.4 Å². The zero-order valence-electron chi connectivity index (χ0n) is 25.2. The number of nitrogens with one attached hydrogen (secondary N) is 1. The summed E-state index contributed by atoms with van der Waals surface area (Å²) in [6.07, 6.45) is 7.70. The van der Waals surface area contributed by atoms with E-state index in [-0.39, 0.29) is 42.9 Å². The molecule has 2 saturated carbocycles. The normalized spacial score (nSPS) is 16.7. The third-order valence-electron chi connectivity index (χ3n) is 7.39. The molecule has 2 aliphatic carbocycles. The Morgan fingerprint density at radius 3 is 1.62 bits per heavy atom. The van der Waals surface area contributed by atoms with Gasteiger partial charge in [-0.2, -0.15) is 0 Å². The fourth-order valence-corrected chi connectivity index (χ4v) is 5.32. The summed E-state index contributed by atoms with van der Waals surface area (Å²) in [6.45, 7) is 6.06. The van der Waals surface area contributed by atoms with E-state index in [2.05, 4.69) is 5.32 Å². The van der Waals surface area contributed by atoms with Crippen LogP contribution in [0.1, 0.15) is 96.1 Å². The van der Waals surface area contributed by atoms with Gasteiger partial charge in [0, 0.05) is 5.54 Å². The molecule has 0 spiro atoms. The summed E-state index contributed by atoms with van der Waals surface area (Å²) in [4.78, 5) is 36.0. The number of halogens is 1. The summed E-state index contributed by atoms with van der Waals surface area (Å²) in [5, 5.41) is 2.92. The van der Waals surface area contributed by atoms with Crippen LogP contribution in [0.4, 0.5) is 4.79 Å². The Morgan fingerprint density at radius 2 is 1.17 bits per heavy atom. The van der Waals surface area contributed by atoms with E-state index in [1.54, 1.807) is 0 Å². The highest BCUT2D eigenvalue weighted by atomic mass is 35.5. The van der Waals surface area contributed by atoms with Gasteiger partial charge in [0.25, 0.3) is 0 Å². The van der Waals surface area contributed by atoms with E-state index >= 15 is 0 Å². The zero-order chi connectivity index (χ0) is 29.8. The molecule has 3 N–H and O–H groups in total. The predicted octanol–water partition coefficient (Wildman–Crippen LogP) is 6.77. The van der Waals surface area contributed by atoms with E-state index in [0.29, 0.717) is 13.0 Å². The third-order valence-corrected chi connectivity index (χ3v) is 7.39. The Hall–Kier alpha value is -3.10. The lowest BCUT2D eigenvalue weighted by Crippen LogP contribution is -2.49. The molecule has 0 aromatic heterocycles. The number of esters is 2. The number of hydrogen-bond donors (Lipinski definition) is 2. The highest BCUT2D eigenvalue weighted by Crippen LogP contribution is 2.33. The van der Waals surface area contributed by atoms with Crippen LogP contribution in [0.15, 0.2) is 60.7 Å². The van der Waals surface area contributed by atoms with E-state index in [9.17, 15) is 14.4 Å². The van der Waals surface area contributed by atoms with Crippen LogP contribution in [0.5, 0.6) is 0 Å². The molecule has 1 amide bonds. The van der Waals surface area contributed by atoms with Gasteiger partial charge in [0.15, 0.2) is 0 Å². The summed E-state index contributed by atoms with van der Waals surface area (Å²) in [6, 6.07) is 19.3. The van der Waals surface area contributed by atoms with Crippen LogP contribution in [0.3, 0.4) is 0 Å². The summed E-state index contributed by atoms with van der Waals surface area (Å²) in [7, 11) is 0. The van der Waals surface area contributed by atoms with Crippen LogP contribution in [-0.4, -0.2) is 34.7 Å². The minimum atomic E-state index is -0.558. The molecule has 2 fully saturated rings. The highest BCUT2D eigenvalue weighted by molar-refractivity contribution is 5.85. The first-order valence-corrected chi connectivity index (χ1v) is 14.7. The maximum atomic E-state index is 12.2. The molecular formula is C33H47ClN2O6. The van der Waals surface area contributed by atoms with Crippen molar-refractivity contribution in [1.29, 1.82) is 0 Å². The third kappa shape index (κ3) is 12.8. The van der Waals surface area contributed by atoms with Crippen molar-refractivity contribution in [3.63, 3.8) is 0 Å². The van der Waals surface area contributed by atoms with Crippen molar-refractivity contribution in [2.75, 3.05) is 0 Å². The molecule has 0 radical (unpaired) electrons. The van der Waals surface area contributed by atoms with E-state index in [1.807, 2.05) is 81.4 Å². The zero-order valence-corrected chi connectivity index (χ0v) is 26.0. The van der Waals surface area contributed by atoms with Gasteiger partial charge in [-0.15, -0.1) is 12.4 Å². The van der Waals surface area contributed by atoms with Gasteiger partial charge >= 0.3 is 18.0 Å². The molecule has 0 aliphatic heterocycles. The fourth-order valence-electron chi connectivity index (χ4n) is 5.32. The first-order valence-electron chi connectivity index (χ1n) is 14.7. The Bertz CT molecular complexity index is 1110. The number of carbonyl (C=O) groups excluding carboxylic acids is 3. The average Bonchev–Trinajstić information content (AvgIpc) is 3.55. The number of amides is 1. The van der Waals surface area contributed by atoms with E-state index < -0.39 is 17.2 Å². The largest absolute Gasteiger partial charge is 0.461 e. The first kappa shape index (κ1) is 35.1. The summed E-state index contributed by atoms with van der Waals surface area (Å²) < 4.78 is 15.9. The molecule has 0 heterocycles. The molecule has 42 heavy (non-hydrogen) atoms. The minimum Gasteiger partial charge on any atom is -0.461 e. The quantitative estimate of drug-likeness (QED) is 0.240. The second-order valence-electron chi connectivity index (χ2n) is 12.3. The lowest BCUT2D eigenvalue weighted by Gasteiger charge is -2.31. The van der Waals surface area contributed by atoms with Gasteiger partial charge < -0.3 is 25.3 Å². The molecule has 4 rings (SSSR count). The molecule has 2 aliphatic rings. The Kier molecular flexibility index (Phi) is 13.8. The topological polar surface area (TPSA) is 117 Å². The molecule has 8 nitrogen and oxygen atoms in total. The van der Waals surface area contributed by atoms with Crippen LogP contribution in [0.2, 0.25) is 0 Å². The molecule has 2 aromatic carbocycles. The first-order chi connectivity index (χ1) is 19.5. The second-order valence-corrected chi connectivity index (χ2v) is 12.3. The van der Waals surface area contributed by atoms with Gasteiger partial charge in [0.1, 0.15) is 18.8 Å². The Balaban J connectivity index is 0.000000302. The molecule has 232 valence electrons. The van der Waals surface area contributed by atoms with Crippen molar-refractivity contribution >= 4 is 30.4 Å². The van der Waals surface area contributed by atoms with E-state index in [0.717, 1.165) is 62.5 Å². The van der Waals surface area contributed by atoms with E-state index in [4.69, 9.17) is 19.9 Å². The molecule has 0 bridgehead atoms. The smallest absolute Gasteiger partial charge is 0.408 e. The number of carbonyl (C=O) groups is 3. The van der Waals surface area contributed by atoms with Crippen molar-refractivity contribution in [2.45, 2.75) is 115 Å². The number of rotatable bonds is 9. The van der Waals surface area contributed by atoms with Crippen molar-refractivity contribution in [3.8, 4) is 0 Å². The number of ether oxygens (including phenoxy) is 3. The van der Waals surface area contributed by atoms with Crippen LogP contribution in [0, 0.1) is 0 Å². The predicted molar refractivity (Wildman–Crippen MR) is 165 cm³/mol. The van der Waals surface area contributed by atoms with Crippen molar-refractivity contribution in [1.82, 2.24) is 5.32 Å². The van der Waals surface area contributed by atoms with Gasteiger partial charge in [-0.25, -0.2) is 4.79 Å². The van der Waals surface area contributed by atoms with Crippen molar-refractivity contribution in [2.24, 2.45) is 5.73 Å². The van der Waals surface area contributed by atoms with Gasteiger partial charge in [-0.05, 0) is 57.6 Å². The summed E-state index contributed by atoms with van der Waals surface area (Å²) >= 11 is 0. The molecule has 0 unspecified atom stereocenters. The number of benzene rings is 2. The van der Waals surface area contributed by atoms with Crippen molar-refractivity contribution < 1.29 is 28.6 Å². The monoisotopic (exact) mass is 602 g/mol. The van der Waals surface area contributed by atoms with Crippen LogP contribution in [-0.2, 0) is 37.0 Å². The SMILES string of the molecule is CC(C)(C)OC(=O)NC1(CC(=O)OCc2ccccc2)CCCC1.Cl.NC1(CC(=O)OCc2ccccc2)CCCC1. The number of hydrogen-bond acceptors (Lipinski definition) is 7. The maximum Gasteiger partial charge on any atom is 0.408 e. The van der Waals surface area contributed by atoms with E-state index in [1.165, 1.54) is 0 Å². The standard InChI is InChI=1S/C19H27NO4.C14H19NO2.ClH/c1-18(2,3)24-17(22)20-19(11-7-8-12-19)13-16(21)23-14-15-9-5-4-6-10-15;15-14(8-4-5-9-14)10-13(16)17-11-12-6-2-1-3-7-12;/h4-6,9-10H,7-8,11-14H2,1-3H3,(H,20,22);1-3,6-7H,4-5,8-11,15H2;1H. The highest BCUT2D eigenvalue weighted by Gasteiger charge is 2.39. The van der Waals surface area contributed by atoms with Crippen LogP contribution < -0.4 is 11.1 Å². The fraction of sp³-hybridized carbons (Fsp3) is 0.545. The molecule has 0 atom stereocenters. The summed E-state index contributed by atoms with van der Waals surface area (Å²) in [5.41, 5.74) is 6.68. The van der Waals surface area contributed by atoms with Crippen LogP contribution >= 0.6 is 12.4 Å². The number of nitrogens with two attached hydrogens (primary N) is 1. The van der Waals surface area contributed by atoms with Gasteiger partial charge in [-0.3, -0.25) is 9.59 Å². The molecular weight excluding hydrogens is 556 g/mol. The number of alkyl carbamates (subject to hydrolysis) is 1. The molecule has 9 heteroatoms. The van der Waals surface area contributed by atoms with Crippen molar-refractivity contribution in [3.05, 3.63) is 71.8 Å². The van der Waals surface area contributed by atoms with Gasteiger partial charge in [-0.1, -0.05) is 86.3 Å². The van der Waals surface area contributed by atoms with Gasteiger partial charge in [0.2, 0.25) is 0 Å². The minimum absolute atomic E-state index is 0. The lowest BCUT2D eigenvalue weighted by molar-refractivity contribution is -0.147. The second kappa shape index (κ2) is 16.5. The Morgan fingerprint density at radius 1 is 0.738 bits per heavy atom. The van der Waals surface area contributed by atoms with Crippen LogP contribution in [0.25, 0.3) is 0 Å². The average molecular weight is 603 g/mol. The Labute approximate surface area is 256 Å². The lowest BCUT2D eigenvalue weighted by atomic mass is 9.93. The maximum absolute atomic E-state index is 12.2. The summed E-state index contributed by atoms with van der Waals surface area (Å²) in [5.74, 6) is -0.477. The molecule has 0 saturated heterocycles. The molecule has 2 aromatic rings.